The van der Waals surface area contributed by atoms with E-state index in [1.807, 2.05) is 0 Å². The number of likely N-dealkylation sites (tertiary alicyclic amines) is 1. The van der Waals surface area contributed by atoms with Gasteiger partial charge in [0.15, 0.2) is 0 Å². The van der Waals surface area contributed by atoms with Crippen molar-refractivity contribution < 1.29 is 4.74 Å². The van der Waals surface area contributed by atoms with Gasteiger partial charge in [-0.1, -0.05) is 26.7 Å². The van der Waals surface area contributed by atoms with Crippen LogP contribution >= 0.6 is 0 Å². The van der Waals surface area contributed by atoms with Gasteiger partial charge in [0.2, 0.25) is 0 Å². The number of hydrogen-bond acceptors (Lipinski definition) is 3. The molecule has 0 aliphatic carbocycles. The van der Waals surface area contributed by atoms with Crippen LogP contribution in [0, 0.1) is 5.41 Å². The molecule has 3 unspecified atom stereocenters. The second-order valence-electron chi connectivity index (χ2n) is 6.16. The van der Waals surface area contributed by atoms with E-state index >= 15 is 0 Å². The third-order valence-corrected chi connectivity index (χ3v) is 4.66. The molecule has 0 spiro atoms. The normalized spacial score (nSPS) is 40.4. The predicted octanol–water partition coefficient (Wildman–Crippen LogP) is 2.00. The minimum absolute atomic E-state index is 0.164. The maximum Gasteiger partial charge on any atom is 0.0624 e. The van der Waals surface area contributed by atoms with Crippen molar-refractivity contribution in [1.82, 2.24) is 4.90 Å². The van der Waals surface area contributed by atoms with Crippen molar-refractivity contribution in [1.29, 1.82) is 0 Å². The van der Waals surface area contributed by atoms with Crippen LogP contribution in [0.3, 0.4) is 0 Å². The Kier molecular flexibility index (Phi) is 4.45. The molecule has 3 atom stereocenters. The minimum Gasteiger partial charge on any atom is -0.379 e. The lowest BCUT2D eigenvalue weighted by Gasteiger charge is -2.37. The van der Waals surface area contributed by atoms with Crippen molar-refractivity contribution in [3.05, 3.63) is 0 Å². The van der Waals surface area contributed by atoms with Crippen LogP contribution in [0.4, 0.5) is 0 Å². The van der Waals surface area contributed by atoms with Gasteiger partial charge in [0.05, 0.1) is 13.2 Å². The summed E-state index contributed by atoms with van der Waals surface area (Å²) in [6.45, 7) is 8.55. The first-order valence-electron chi connectivity index (χ1n) is 7.23. The Bertz CT molecular complexity index is 246. The van der Waals surface area contributed by atoms with Gasteiger partial charge in [0, 0.05) is 24.0 Å². The van der Waals surface area contributed by atoms with Gasteiger partial charge in [-0.3, -0.25) is 4.90 Å². The summed E-state index contributed by atoms with van der Waals surface area (Å²) in [4.78, 5) is 2.68. The molecule has 2 saturated heterocycles. The standard InChI is InChI=1S/C14H28N2O/c1-3-12-7-5-4-6-8-16(12)10-14(2)11-17-9-13(14)15/h12-13H,3-11,15H2,1-2H3. The fourth-order valence-corrected chi connectivity index (χ4v) is 3.26. The van der Waals surface area contributed by atoms with Crippen LogP contribution in [0.5, 0.6) is 0 Å². The van der Waals surface area contributed by atoms with Crippen LogP contribution in [0.2, 0.25) is 0 Å². The smallest absolute Gasteiger partial charge is 0.0624 e. The number of ether oxygens (including phenoxy) is 1. The Morgan fingerprint density at radius 3 is 2.82 bits per heavy atom. The van der Waals surface area contributed by atoms with Gasteiger partial charge < -0.3 is 10.5 Å². The minimum atomic E-state index is 0.164. The summed E-state index contributed by atoms with van der Waals surface area (Å²) in [5, 5.41) is 0. The average molecular weight is 240 g/mol. The highest BCUT2D eigenvalue weighted by Crippen LogP contribution is 2.31. The van der Waals surface area contributed by atoms with Crippen molar-refractivity contribution in [2.45, 2.75) is 58.0 Å². The Hall–Kier alpha value is -0.120. The summed E-state index contributed by atoms with van der Waals surface area (Å²) in [7, 11) is 0. The highest BCUT2D eigenvalue weighted by atomic mass is 16.5. The first-order valence-corrected chi connectivity index (χ1v) is 7.23. The molecule has 0 radical (unpaired) electrons. The number of nitrogens with two attached hydrogens (primary N) is 1. The molecule has 17 heavy (non-hydrogen) atoms. The van der Waals surface area contributed by atoms with E-state index in [0.29, 0.717) is 0 Å². The topological polar surface area (TPSA) is 38.5 Å². The third kappa shape index (κ3) is 3.01. The van der Waals surface area contributed by atoms with Gasteiger partial charge in [0.25, 0.3) is 0 Å². The van der Waals surface area contributed by atoms with Crippen molar-refractivity contribution in [2.24, 2.45) is 11.1 Å². The Morgan fingerprint density at radius 2 is 2.18 bits per heavy atom. The van der Waals surface area contributed by atoms with E-state index in [1.54, 1.807) is 0 Å². The number of rotatable bonds is 3. The molecule has 2 aliphatic heterocycles. The van der Waals surface area contributed by atoms with Gasteiger partial charge in [-0.05, 0) is 25.8 Å². The van der Waals surface area contributed by atoms with Gasteiger partial charge in [0.1, 0.15) is 0 Å². The summed E-state index contributed by atoms with van der Waals surface area (Å²) < 4.78 is 5.56. The van der Waals surface area contributed by atoms with Crippen LogP contribution < -0.4 is 5.73 Å². The van der Waals surface area contributed by atoms with Crippen LogP contribution in [-0.2, 0) is 4.74 Å². The molecule has 0 aromatic rings. The lowest BCUT2D eigenvalue weighted by atomic mass is 9.84. The quantitative estimate of drug-likeness (QED) is 0.820. The SMILES string of the molecule is CCC1CCCCCN1CC1(C)COCC1N. The molecule has 2 N–H and O–H groups in total. The molecule has 0 aromatic carbocycles. The molecular formula is C14H28N2O. The van der Waals surface area contributed by atoms with E-state index in [0.717, 1.165) is 25.8 Å². The Morgan fingerprint density at radius 1 is 1.35 bits per heavy atom. The highest BCUT2D eigenvalue weighted by Gasteiger charge is 2.40. The zero-order valence-electron chi connectivity index (χ0n) is 11.5. The summed E-state index contributed by atoms with van der Waals surface area (Å²) in [5.74, 6) is 0. The highest BCUT2D eigenvalue weighted by molar-refractivity contribution is 4.93. The number of hydrogen-bond donors (Lipinski definition) is 1. The summed E-state index contributed by atoms with van der Waals surface area (Å²) in [6.07, 6.45) is 6.78. The molecule has 2 aliphatic rings. The fraction of sp³-hybridized carbons (Fsp3) is 1.00. The van der Waals surface area contributed by atoms with Crippen molar-refractivity contribution in [3.63, 3.8) is 0 Å². The van der Waals surface area contributed by atoms with E-state index in [-0.39, 0.29) is 11.5 Å². The molecule has 2 fully saturated rings. The summed E-state index contributed by atoms with van der Waals surface area (Å²) in [6, 6.07) is 0.977. The Labute approximate surface area is 106 Å². The Balaban J connectivity index is 1.99. The largest absolute Gasteiger partial charge is 0.379 e. The molecule has 0 amide bonds. The molecule has 0 saturated carbocycles. The molecule has 100 valence electrons. The van der Waals surface area contributed by atoms with Crippen LogP contribution in [0.25, 0.3) is 0 Å². The van der Waals surface area contributed by atoms with Crippen LogP contribution in [0.1, 0.15) is 46.0 Å². The van der Waals surface area contributed by atoms with Gasteiger partial charge >= 0.3 is 0 Å². The molecular weight excluding hydrogens is 212 g/mol. The van der Waals surface area contributed by atoms with Gasteiger partial charge in [-0.15, -0.1) is 0 Å². The van der Waals surface area contributed by atoms with E-state index in [4.69, 9.17) is 10.5 Å². The first kappa shape index (κ1) is 13.3. The van der Waals surface area contributed by atoms with Crippen molar-refractivity contribution >= 4 is 0 Å². The van der Waals surface area contributed by atoms with E-state index in [2.05, 4.69) is 18.7 Å². The zero-order chi connectivity index (χ0) is 12.3. The van der Waals surface area contributed by atoms with Crippen molar-refractivity contribution in [2.75, 3.05) is 26.3 Å². The van der Waals surface area contributed by atoms with Crippen LogP contribution in [-0.4, -0.2) is 43.3 Å². The molecule has 2 rings (SSSR count). The second kappa shape index (κ2) is 5.68. The molecule has 3 nitrogen and oxygen atoms in total. The maximum atomic E-state index is 6.20. The molecule has 0 aromatic heterocycles. The monoisotopic (exact) mass is 240 g/mol. The average Bonchev–Trinajstić information content (AvgIpc) is 2.53. The van der Waals surface area contributed by atoms with E-state index < -0.39 is 0 Å². The second-order valence-corrected chi connectivity index (χ2v) is 6.16. The zero-order valence-corrected chi connectivity index (χ0v) is 11.5. The molecule has 2 heterocycles. The van der Waals surface area contributed by atoms with E-state index in [9.17, 15) is 0 Å². The van der Waals surface area contributed by atoms with Gasteiger partial charge in [-0.2, -0.15) is 0 Å². The summed E-state index contributed by atoms with van der Waals surface area (Å²) in [5.41, 5.74) is 6.37. The lowest BCUT2D eigenvalue weighted by Crippen LogP contribution is -2.49. The lowest BCUT2D eigenvalue weighted by molar-refractivity contribution is 0.0926. The van der Waals surface area contributed by atoms with Crippen molar-refractivity contribution in [3.8, 4) is 0 Å². The van der Waals surface area contributed by atoms with E-state index in [1.165, 1.54) is 38.6 Å². The predicted molar refractivity (Wildman–Crippen MR) is 71.0 cm³/mol. The van der Waals surface area contributed by atoms with Crippen LogP contribution in [0.15, 0.2) is 0 Å². The maximum absolute atomic E-state index is 6.20. The molecule has 3 heteroatoms. The number of nitrogens with zero attached hydrogens (tertiary/aromatic N) is 1. The summed E-state index contributed by atoms with van der Waals surface area (Å²) >= 11 is 0. The first-order chi connectivity index (χ1) is 8.15. The third-order valence-electron chi connectivity index (χ3n) is 4.66. The fourth-order valence-electron chi connectivity index (χ4n) is 3.26. The molecule has 0 bridgehead atoms. The van der Waals surface area contributed by atoms with Gasteiger partial charge in [-0.25, -0.2) is 0 Å².